The van der Waals surface area contributed by atoms with E-state index in [0.29, 0.717) is 19.5 Å². The summed E-state index contributed by atoms with van der Waals surface area (Å²) in [5.41, 5.74) is 0. The van der Waals surface area contributed by atoms with Crippen LogP contribution in [0.4, 0.5) is 4.79 Å². The van der Waals surface area contributed by atoms with Gasteiger partial charge in [0.1, 0.15) is 0 Å². The number of hydrogen-bond acceptors (Lipinski definition) is 4. The number of unbranched alkanes of at least 4 members (excludes halogenated alkanes) is 1. The third kappa shape index (κ3) is 8.87. The number of rotatable bonds is 9. The van der Waals surface area contributed by atoms with Crippen molar-refractivity contribution < 1.29 is 14.3 Å². The van der Waals surface area contributed by atoms with E-state index in [1.807, 2.05) is 0 Å². The third-order valence-corrected chi connectivity index (χ3v) is 4.13. The number of carbonyl (C=O) groups is 2. The maximum Gasteiger partial charge on any atom is 0.314 e. The van der Waals surface area contributed by atoms with Crippen molar-refractivity contribution in [2.75, 3.05) is 39.8 Å². The third-order valence-electron chi connectivity index (χ3n) is 4.13. The topological polar surface area (TPSA) is 70.7 Å². The van der Waals surface area contributed by atoms with Gasteiger partial charge in [0.2, 0.25) is 0 Å². The van der Waals surface area contributed by atoms with Crippen LogP contribution in [0.3, 0.4) is 0 Å². The van der Waals surface area contributed by atoms with Crippen LogP contribution in [0.2, 0.25) is 0 Å². The maximum absolute atomic E-state index is 11.6. The van der Waals surface area contributed by atoms with Gasteiger partial charge in [0, 0.05) is 19.5 Å². The number of likely N-dealkylation sites (tertiary alicyclic amines) is 1. The van der Waals surface area contributed by atoms with Gasteiger partial charge in [-0.2, -0.15) is 0 Å². The molecule has 0 aliphatic carbocycles. The molecule has 0 unspecified atom stereocenters. The molecule has 0 aromatic heterocycles. The average molecular weight is 313 g/mol. The van der Waals surface area contributed by atoms with E-state index in [1.165, 1.54) is 33.0 Å². The summed E-state index contributed by atoms with van der Waals surface area (Å²) in [7, 11) is 1.39. The van der Waals surface area contributed by atoms with E-state index in [9.17, 15) is 9.59 Å². The molecule has 6 heteroatoms. The molecule has 1 rings (SSSR count). The molecule has 1 fully saturated rings. The lowest BCUT2D eigenvalue weighted by molar-refractivity contribution is -0.140. The summed E-state index contributed by atoms with van der Waals surface area (Å²) in [5.74, 6) is 0.663. The summed E-state index contributed by atoms with van der Waals surface area (Å²) in [6, 6.07) is -0.120. The summed E-state index contributed by atoms with van der Waals surface area (Å²) in [4.78, 5) is 24.9. The summed E-state index contributed by atoms with van der Waals surface area (Å²) in [6.45, 7) is 7.05. The summed E-state index contributed by atoms with van der Waals surface area (Å²) in [5, 5.41) is 5.68. The number of amides is 2. The second kappa shape index (κ2) is 11.3. The van der Waals surface area contributed by atoms with Gasteiger partial charge in [0.05, 0.1) is 7.11 Å². The highest BCUT2D eigenvalue weighted by Gasteiger charge is 2.14. The monoisotopic (exact) mass is 313 g/mol. The van der Waals surface area contributed by atoms with E-state index < -0.39 is 0 Å². The average Bonchev–Trinajstić information content (AvgIpc) is 2.52. The largest absolute Gasteiger partial charge is 0.469 e. The SMILES string of the molecule is COC(=O)CCCCNC(=O)NCCCN1CCC(C)CC1. The van der Waals surface area contributed by atoms with Gasteiger partial charge in [-0.25, -0.2) is 4.79 Å². The quantitative estimate of drug-likeness (QED) is 0.502. The van der Waals surface area contributed by atoms with Gasteiger partial charge in [-0.15, -0.1) is 0 Å². The Bertz CT molecular complexity index is 329. The molecule has 0 atom stereocenters. The smallest absolute Gasteiger partial charge is 0.314 e. The minimum absolute atomic E-state index is 0.120. The molecule has 6 nitrogen and oxygen atoms in total. The van der Waals surface area contributed by atoms with Crippen molar-refractivity contribution in [3.05, 3.63) is 0 Å². The lowest BCUT2D eigenvalue weighted by Crippen LogP contribution is -2.39. The molecule has 0 spiro atoms. The number of nitrogens with one attached hydrogen (secondary N) is 2. The molecular weight excluding hydrogens is 282 g/mol. The Morgan fingerprint density at radius 2 is 1.73 bits per heavy atom. The molecule has 1 heterocycles. The molecule has 2 amide bonds. The lowest BCUT2D eigenvalue weighted by atomic mass is 9.99. The van der Waals surface area contributed by atoms with Crippen LogP contribution in [0.15, 0.2) is 0 Å². The Labute approximate surface area is 134 Å². The van der Waals surface area contributed by atoms with Crippen molar-refractivity contribution in [3.8, 4) is 0 Å². The highest BCUT2D eigenvalue weighted by atomic mass is 16.5. The Morgan fingerprint density at radius 1 is 1.09 bits per heavy atom. The highest BCUT2D eigenvalue weighted by Crippen LogP contribution is 2.15. The van der Waals surface area contributed by atoms with E-state index >= 15 is 0 Å². The molecule has 1 saturated heterocycles. The highest BCUT2D eigenvalue weighted by molar-refractivity contribution is 5.73. The molecule has 1 aliphatic heterocycles. The number of carbonyl (C=O) groups excluding carboxylic acids is 2. The van der Waals surface area contributed by atoms with Crippen LogP contribution in [0, 0.1) is 5.92 Å². The first-order chi connectivity index (χ1) is 10.6. The lowest BCUT2D eigenvalue weighted by Gasteiger charge is -2.30. The van der Waals surface area contributed by atoms with Crippen LogP contribution in [0.25, 0.3) is 0 Å². The van der Waals surface area contributed by atoms with Crippen molar-refractivity contribution in [3.63, 3.8) is 0 Å². The Kier molecular flexibility index (Phi) is 9.62. The predicted octanol–water partition coefficient (Wildman–Crippen LogP) is 1.75. The van der Waals surface area contributed by atoms with Crippen LogP contribution in [0.1, 0.15) is 45.4 Å². The van der Waals surface area contributed by atoms with Gasteiger partial charge in [0.25, 0.3) is 0 Å². The van der Waals surface area contributed by atoms with Gasteiger partial charge in [-0.1, -0.05) is 6.92 Å². The fourth-order valence-corrected chi connectivity index (χ4v) is 2.55. The Morgan fingerprint density at radius 3 is 2.36 bits per heavy atom. The van der Waals surface area contributed by atoms with Crippen LogP contribution in [-0.4, -0.2) is 56.7 Å². The number of ether oxygens (including phenoxy) is 1. The zero-order chi connectivity index (χ0) is 16.2. The molecule has 22 heavy (non-hydrogen) atoms. The van der Waals surface area contributed by atoms with E-state index in [0.717, 1.165) is 31.7 Å². The molecule has 0 radical (unpaired) electrons. The first-order valence-electron chi connectivity index (χ1n) is 8.42. The van der Waals surface area contributed by atoms with Crippen molar-refractivity contribution >= 4 is 12.0 Å². The van der Waals surface area contributed by atoms with Gasteiger partial charge < -0.3 is 20.3 Å². The van der Waals surface area contributed by atoms with Crippen LogP contribution in [0.5, 0.6) is 0 Å². The summed E-state index contributed by atoms with van der Waals surface area (Å²) in [6.07, 6.45) is 5.51. The number of nitrogens with zero attached hydrogens (tertiary/aromatic N) is 1. The second-order valence-corrected chi connectivity index (χ2v) is 6.09. The predicted molar refractivity (Wildman–Crippen MR) is 86.7 cm³/mol. The molecular formula is C16H31N3O3. The second-order valence-electron chi connectivity index (χ2n) is 6.09. The number of urea groups is 1. The van der Waals surface area contributed by atoms with Crippen LogP contribution >= 0.6 is 0 Å². The van der Waals surface area contributed by atoms with E-state index in [1.54, 1.807) is 0 Å². The fraction of sp³-hybridized carbons (Fsp3) is 0.875. The molecule has 2 N–H and O–H groups in total. The molecule has 128 valence electrons. The number of esters is 1. The molecule has 0 aromatic rings. The van der Waals surface area contributed by atoms with Crippen molar-refractivity contribution in [1.29, 1.82) is 0 Å². The van der Waals surface area contributed by atoms with E-state index in [4.69, 9.17) is 0 Å². The van der Waals surface area contributed by atoms with Gasteiger partial charge in [-0.3, -0.25) is 4.79 Å². The normalized spacial score (nSPS) is 16.3. The maximum atomic E-state index is 11.6. The minimum atomic E-state index is -0.198. The van der Waals surface area contributed by atoms with Gasteiger partial charge in [-0.05, 0) is 57.7 Å². The first-order valence-corrected chi connectivity index (χ1v) is 8.42. The van der Waals surface area contributed by atoms with Crippen LogP contribution in [-0.2, 0) is 9.53 Å². The summed E-state index contributed by atoms with van der Waals surface area (Å²) < 4.78 is 4.56. The zero-order valence-electron chi connectivity index (χ0n) is 14.0. The molecule has 0 bridgehead atoms. The molecule has 1 aliphatic rings. The summed E-state index contributed by atoms with van der Waals surface area (Å²) >= 11 is 0. The minimum Gasteiger partial charge on any atom is -0.469 e. The fourth-order valence-electron chi connectivity index (χ4n) is 2.55. The molecule has 0 aromatic carbocycles. The van der Waals surface area contributed by atoms with Crippen molar-refractivity contribution in [2.45, 2.75) is 45.4 Å². The first kappa shape index (κ1) is 18.7. The van der Waals surface area contributed by atoms with Crippen LogP contribution < -0.4 is 10.6 Å². The number of hydrogen-bond donors (Lipinski definition) is 2. The number of methoxy groups -OCH3 is 1. The van der Waals surface area contributed by atoms with Gasteiger partial charge in [0.15, 0.2) is 0 Å². The standard InChI is InChI=1S/C16H31N3O3/c1-14-7-12-19(13-8-14)11-5-10-18-16(21)17-9-4-3-6-15(20)22-2/h14H,3-13H2,1-2H3,(H2,17,18,21). The van der Waals surface area contributed by atoms with Gasteiger partial charge >= 0.3 is 12.0 Å². The van der Waals surface area contributed by atoms with E-state index in [-0.39, 0.29) is 12.0 Å². The number of piperidine rings is 1. The Hall–Kier alpha value is -1.30. The van der Waals surface area contributed by atoms with Crippen molar-refractivity contribution in [2.24, 2.45) is 5.92 Å². The Balaban J connectivity index is 1.90. The molecule has 0 saturated carbocycles. The zero-order valence-corrected chi connectivity index (χ0v) is 14.0. The van der Waals surface area contributed by atoms with E-state index in [2.05, 4.69) is 27.2 Å². The van der Waals surface area contributed by atoms with Crippen molar-refractivity contribution in [1.82, 2.24) is 15.5 Å².